The first-order valence-electron chi connectivity index (χ1n) is 4.53. The van der Waals surface area contributed by atoms with Crippen molar-refractivity contribution in [3.8, 4) is 0 Å². The number of thiazole rings is 1. The summed E-state index contributed by atoms with van der Waals surface area (Å²) in [5, 5.41) is 11.3. The van der Waals surface area contributed by atoms with Gasteiger partial charge in [0, 0.05) is 24.0 Å². The van der Waals surface area contributed by atoms with Crippen molar-refractivity contribution in [3.63, 3.8) is 0 Å². The van der Waals surface area contributed by atoms with Gasteiger partial charge in [0.2, 0.25) is 10.0 Å². The van der Waals surface area contributed by atoms with E-state index in [0.29, 0.717) is 13.0 Å². The summed E-state index contributed by atoms with van der Waals surface area (Å²) in [6.45, 7) is 1.87. The quantitative estimate of drug-likeness (QED) is 0.739. The van der Waals surface area contributed by atoms with Crippen LogP contribution in [-0.2, 0) is 16.4 Å². The highest BCUT2D eigenvalue weighted by Gasteiger charge is 2.08. The molecular formula is C8H14N2O3S2. The molecule has 0 saturated carbocycles. The molecule has 5 nitrogen and oxygen atoms in total. The van der Waals surface area contributed by atoms with Gasteiger partial charge in [-0.2, -0.15) is 0 Å². The SMILES string of the molecule is Cc1csc(CCNS(=O)(=O)CCO)n1. The molecule has 0 bridgehead atoms. The van der Waals surface area contributed by atoms with Crippen LogP contribution in [0.4, 0.5) is 0 Å². The Hall–Kier alpha value is -0.500. The Bertz CT molecular complexity index is 400. The van der Waals surface area contributed by atoms with Gasteiger partial charge in [0.15, 0.2) is 0 Å². The summed E-state index contributed by atoms with van der Waals surface area (Å²) < 4.78 is 24.7. The van der Waals surface area contributed by atoms with Gasteiger partial charge in [0.25, 0.3) is 0 Å². The van der Waals surface area contributed by atoms with Crippen molar-refractivity contribution in [2.75, 3.05) is 18.9 Å². The van der Waals surface area contributed by atoms with Gasteiger partial charge in [-0.25, -0.2) is 18.1 Å². The number of aliphatic hydroxyl groups excluding tert-OH is 1. The third kappa shape index (κ3) is 4.70. The Morgan fingerprint density at radius 3 is 2.87 bits per heavy atom. The molecule has 1 aromatic heterocycles. The first-order valence-corrected chi connectivity index (χ1v) is 7.06. The molecule has 0 atom stereocenters. The van der Waals surface area contributed by atoms with Gasteiger partial charge >= 0.3 is 0 Å². The molecule has 0 amide bonds. The van der Waals surface area contributed by atoms with E-state index in [2.05, 4.69) is 9.71 Å². The number of sulfonamides is 1. The van der Waals surface area contributed by atoms with Gasteiger partial charge in [-0.15, -0.1) is 11.3 Å². The average molecular weight is 250 g/mol. The van der Waals surface area contributed by atoms with Crippen LogP contribution in [0.15, 0.2) is 5.38 Å². The fraction of sp³-hybridized carbons (Fsp3) is 0.625. The summed E-state index contributed by atoms with van der Waals surface area (Å²) in [6.07, 6.45) is 0.586. The number of aromatic nitrogens is 1. The second-order valence-electron chi connectivity index (χ2n) is 3.07. The smallest absolute Gasteiger partial charge is 0.213 e. The van der Waals surface area contributed by atoms with Crippen molar-refractivity contribution < 1.29 is 13.5 Å². The molecule has 2 N–H and O–H groups in total. The van der Waals surface area contributed by atoms with Crippen LogP contribution in [0.5, 0.6) is 0 Å². The van der Waals surface area contributed by atoms with E-state index in [4.69, 9.17) is 5.11 Å². The predicted octanol–water partition coefficient (Wildman–Crippen LogP) is -0.0943. The van der Waals surface area contributed by atoms with Gasteiger partial charge in [0.05, 0.1) is 17.4 Å². The van der Waals surface area contributed by atoms with Crippen LogP contribution in [0, 0.1) is 6.92 Å². The summed E-state index contributed by atoms with van der Waals surface area (Å²) in [5.74, 6) is -0.246. The highest BCUT2D eigenvalue weighted by molar-refractivity contribution is 7.89. The Morgan fingerprint density at radius 1 is 1.60 bits per heavy atom. The van der Waals surface area contributed by atoms with E-state index in [9.17, 15) is 8.42 Å². The highest BCUT2D eigenvalue weighted by atomic mass is 32.2. The summed E-state index contributed by atoms with van der Waals surface area (Å²) in [5.41, 5.74) is 0.952. The minimum Gasteiger partial charge on any atom is -0.395 e. The van der Waals surface area contributed by atoms with Crippen molar-refractivity contribution in [1.82, 2.24) is 9.71 Å². The van der Waals surface area contributed by atoms with Crippen molar-refractivity contribution in [3.05, 3.63) is 16.1 Å². The number of aryl methyl sites for hydroxylation is 1. The third-order valence-electron chi connectivity index (χ3n) is 1.69. The molecule has 15 heavy (non-hydrogen) atoms. The van der Waals surface area contributed by atoms with E-state index in [-0.39, 0.29) is 12.4 Å². The van der Waals surface area contributed by atoms with Crippen LogP contribution < -0.4 is 4.72 Å². The molecule has 1 heterocycles. The van der Waals surface area contributed by atoms with Crippen LogP contribution in [-0.4, -0.2) is 37.4 Å². The molecule has 1 rings (SSSR count). The Balaban J connectivity index is 2.33. The van der Waals surface area contributed by atoms with Gasteiger partial charge in [-0.1, -0.05) is 0 Å². The maximum atomic E-state index is 11.1. The second-order valence-corrected chi connectivity index (χ2v) is 5.94. The van der Waals surface area contributed by atoms with Crippen molar-refractivity contribution >= 4 is 21.4 Å². The first kappa shape index (κ1) is 12.6. The molecule has 0 aliphatic rings. The molecule has 1 aromatic rings. The van der Waals surface area contributed by atoms with Gasteiger partial charge in [-0.3, -0.25) is 0 Å². The van der Waals surface area contributed by atoms with Crippen molar-refractivity contribution in [1.29, 1.82) is 0 Å². The first-order chi connectivity index (χ1) is 7.03. The Morgan fingerprint density at radius 2 is 2.33 bits per heavy atom. The predicted molar refractivity (Wildman–Crippen MR) is 59.4 cm³/mol. The molecule has 0 unspecified atom stereocenters. The van der Waals surface area contributed by atoms with E-state index >= 15 is 0 Å². The molecule has 0 aliphatic carbocycles. The van der Waals surface area contributed by atoms with E-state index in [1.807, 2.05) is 12.3 Å². The number of rotatable bonds is 6. The molecule has 0 saturated heterocycles. The van der Waals surface area contributed by atoms with Gasteiger partial charge < -0.3 is 5.11 Å². The van der Waals surface area contributed by atoms with Crippen LogP contribution in [0.3, 0.4) is 0 Å². The zero-order valence-corrected chi connectivity index (χ0v) is 10.1. The largest absolute Gasteiger partial charge is 0.395 e. The Kier molecular flexibility index (Phi) is 4.65. The monoisotopic (exact) mass is 250 g/mol. The Labute approximate surface area is 93.2 Å². The minimum absolute atomic E-state index is 0.246. The lowest BCUT2D eigenvalue weighted by Gasteiger charge is -2.03. The number of hydrogen-bond acceptors (Lipinski definition) is 5. The summed E-state index contributed by atoms with van der Waals surface area (Å²) in [7, 11) is -3.32. The van der Waals surface area contributed by atoms with Gasteiger partial charge in [0.1, 0.15) is 0 Å². The number of nitrogens with zero attached hydrogens (tertiary/aromatic N) is 1. The van der Waals surface area contributed by atoms with E-state index in [1.54, 1.807) is 0 Å². The lowest BCUT2D eigenvalue weighted by atomic mass is 10.4. The summed E-state index contributed by atoms with van der Waals surface area (Å²) >= 11 is 1.52. The zero-order valence-electron chi connectivity index (χ0n) is 8.43. The lowest BCUT2D eigenvalue weighted by molar-refractivity contribution is 0.319. The third-order valence-corrected chi connectivity index (χ3v) is 4.08. The normalized spacial score (nSPS) is 11.9. The molecule has 0 radical (unpaired) electrons. The van der Waals surface area contributed by atoms with Crippen LogP contribution in [0.25, 0.3) is 0 Å². The van der Waals surface area contributed by atoms with Crippen LogP contribution in [0.2, 0.25) is 0 Å². The molecule has 0 aromatic carbocycles. The number of aliphatic hydroxyl groups is 1. The zero-order chi connectivity index (χ0) is 11.3. The van der Waals surface area contributed by atoms with Crippen molar-refractivity contribution in [2.45, 2.75) is 13.3 Å². The van der Waals surface area contributed by atoms with Crippen LogP contribution in [0.1, 0.15) is 10.7 Å². The highest BCUT2D eigenvalue weighted by Crippen LogP contribution is 2.08. The topological polar surface area (TPSA) is 79.3 Å². The minimum atomic E-state index is -3.32. The van der Waals surface area contributed by atoms with E-state index in [0.717, 1.165) is 10.7 Å². The fourth-order valence-electron chi connectivity index (χ4n) is 1.02. The molecule has 86 valence electrons. The maximum Gasteiger partial charge on any atom is 0.213 e. The fourth-order valence-corrected chi connectivity index (χ4v) is 2.60. The van der Waals surface area contributed by atoms with Crippen LogP contribution >= 0.6 is 11.3 Å². The molecule has 0 spiro atoms. The van der Waals surface area contributed by atoms with Crippen molar-refractivity contribution in [2.24, 2.45) is 0 Å². The van der Waals surface area contributed by atoms with Gasteiger partial charge in [-0.05, 0) is 6.92 Å². The van der Waals surface area contributed by atoms with E-state index in [1.165, 1.54) is 11.3 Å². The second kappa shape index (κ2) is 5.55. The number of nitrogens with one attached hydrogen (secondary N) is 1. The lowest BCUT2D eigenvalue weighted by Crippen LogP contribution is -2.29. The summed E-state index contributed by atoms with van der Waals surface area (Å²) in [4.78, 5) is 4.21. The van der Waals surface area contributed by atoms with E-state index < -0.39 is 10.0 Å². The average Bonchev–Trinajstić information content (AvgIpc) is 2.51. The molecule has 0 fully saturated rings. The molecule has 0 aliphatic heterocycles. The maximum absolute atomic E-state index is 11.1. The molecule has 7 heteroatoms. The number of hydrogen-bond donors (Lipinski definition) is 2. The molecular weight excluding hydrogens is 236 g/mol. The summed E-state index contributed by atoms with van der Waals surface area (Å²) in [6, 6.07) is 0. The standard InChI is InChI=1S/C8H14N2O3S2/c1-7-6-14-8(10-7)2-3-9-15(12,13)5-4-11/h6,9,11H,2-5H2,1H3.